The van der Waals surface area contributed by atoms with Gasteiger partial charge in [-0.2, -0.15) is 15.0 Å². The Morgan fingerprint density at radius 1 is 1.05 bits per heavy atom. The lowest BCUT2D eigenvalue weighted by Crippen LogP contribution is -2.22. The first-order valence-corrected chi connectivity index (χ1v) is 7.04. The van der Waals surface area contributed by atoms with E-state index >= 15 is 0 Å². The van der Waals surface area contributed by atoms with E-state index in [1.165, 1.54) is 26.2 Å². The molecule has 4 N–H and O–H groups in total. The smallest absolute Gasteiger partial charge is 0.242 e. The van der Waals surface area contributed by atoms with Gasteiger partial charge in [-0.15, -0.1) is 0 Å². The number of aromatic nitrogens is 3. The number of benzene rings is 1. The molecule has 2 aromatic rings. The van der Waals surface area contributed by atoms with Crippen LogP contribution in [0.4, 0.5) is 11.9 Å². The number of nitrogens with two attached hydrogens (primary N) is 2. The van der Waals surface area contributed by atoms with Crippen molar-refractivity contribution >= 4 is 21.9 Å². The Hall–Kier alpha value is -2.26. The van der Waals surface area contributed by atoms with Crippen LogP contribution in [0.5, 0.6) is 0 Å². The fourth-order valence-corrected chi connectivity index (χ4v) is 2.49. The molecule has 0 aliphatic carbocycles. The summed E-state index contributed by atoms with van der Waals surface area (Å²) in [6, 6.07) is 6.22. The van der Waals surface area contributed by atoms with Gasteiger partial charge >= 0.3 is 0 Å². The van der Waals surface area contributed by atoms with Crippen molar-refractivity contribution in [3.63, 3.8) is 0 Å². The molecule has 106 valence electrons. The van der Waals surface area contributed by atoms with Crippen LogP contribution in [0, 0.1) is 0 Å². The molecule has 2 rings (SSSR count). The summed E-state index contributed by atoms with van der Waals surface area (Å²) in [7, 11) is -0.609. The lowest BCUT2D eigenvalue weighted by Gasteiger charge is -2.12. The van der Waals surface area contributed by atoms with Crippen LogP contribution in [0.15, 0.2) is 29.2 Å². The summed E-state index contributed by atoms with van der Waals surface area (Å²) in [5.74, 6) is 0.188. The molecule has 8 nitrogen and oxygen atoms in total. The SMILES string of the molecule is CN(C)S(=O)(=O)c1cccc(-c2nc(N)nc(N)n2)c1. The summed E-state index contributed by atoms with van der Waals surface area (Å²) in [5, 5.41) is 0. The van der Waals surface area contributed by atoms with Gasteiger partial charge in [0, 0.05) is 19.7 Å². The Bertz CT molecular complexity index is 724. The van der Waals surface area contributed by atoms with Crippen LogP contribution in [0.25, 0.3) is 11.4 Å². The van der Waals surface area contributed by atoms with Crippen LogP contribution in [0.3, 0.4) is 0 Å². The van der Waals surface area contributed by atoms with Gasteiger partial charge in [0.1, 0.15) is 0 Å². The Morgan fingerprint density at radius 2 is 1.65 bits per heavy atom. The molecule has 0 saturated heterocycles. The van der Waals surface area contributed by atoms with E-state index in [1.807, 2.05) is 0 Å². The largest absolute Gasteiger partial charge is 0.368 e. The van der Waals surface area contributed by atoms with Crippen LogP contribution < -0.4 is 11.5 Å². The fraction of sp³-hybridized carbons (Fsp3) is 0.182. The minimum atomic E-state index is -3.53. The highest BCUT2D eigenvalue weighted by Gasteiger charge is 2.18. The third-order valence-corrected chi connectivity index (χ3v) is 4.35. The van der Waals surface area contributed by atoms with Crippen LogP contribution in [0.2, 0.25) is 0 Å². The maximum Gasteiger partial charge on any atom is 0.242 e. The van der Waals surface area contributed by atoms with E-state index < -0.39 is 10.0 Å². The van der Waals surface area contributed by atoms with E-state index in [0.717, 1.165) is 4.31 Å². The highest BCUT2D eigenvalue weighted by Crippen LogP contribution is 2.21. The Labute approximate surface area is 116 Å². The molecule has 1 aromatic heterocycles. The van der Waals surface area contributed by atoms with E-state index in [0.29, 0.717) is 5.56 Å². The lowest BCUT2D eigenvalue weighted by atomic mass is 10.2. The first-order valence-electron chi connectivity index (χ1n) is 5.60. The highest BCUT2D eigenvalue weighted by atomic mass is 32.2. The molecule has 9 heteroatoms. The zero-order chi connectivity index (χ0) is 14.9. The second kappa shape index (κ2) is 5.02. The first kappa shape index (κ1) is 14.2. The first-order chi connectivity index (χ1) is 9.30. The normalized spacial score (nSPS) is 11.8. The van der Waals surface area contributed by atoms with E-state index in [1.54, 1.807) is 12.1 Å². The molecule has 0 saturated carbocycles. The fourth-order valence-electron chi connectivity index (χ4n) is 1.54. The van der Waals surface area contributed by atoms with Gasteiger partial charge in [-0.1, -0.05) is 12.1 Å². The minimum absolute atomic E-state index is 0.0200. The summed E-state index contributed by atoms with van der Waals surface area (Å²) >= 11 is 0. The van der Waals surface area contributed by atoms with E-state index in [4.69, 9.17) is 11.5 Å². The molecule has 1 aromatic carbocycles. The summed E-state index contributed by atoms with van der Waals surface area (Å²) in [4.78, 5) is 11.7. The molecule has 0 aliphatic heterocycles. The van der Waals surface area contributed by atoms with Gasteiger partial charge in [-0.3, -0.25) is 0 Å². The number of nitrogen functional groups attached to an aromatic ring is 2. The van der Waals surface area contributed by atoms with E-state index in [2.05, 4.69) is 15.0 Å². The molecule has 0 spiro atoms. The van der Waals surface area contributed by atoms with Crippen LogP contribution in [-0.2, 0) is 10.0 Å². The van der Waals surface area contributed by atoms with Gasteiger partial charge in [0.15, 0.2) is 5.82 Å². The standard InChI is InChI=1S/C11H14N6O2S/c1-17(2)20(18,19)8-5-3-4-7(6-8)9-14-10(12)16-11(13)15-9/h3-6H,1-2H3,(H4,12,13,14,15,16). The average Bonchev–Trinajstić information content (AvgIpc) is 2.37. The Morgan fingerprint density at radius 3 is 2.20 bits per heavy atom. The number of hydrogen-bond donors (Lipinski definition) is 2. The maximum absolute atomic E-state index is 12.1. The maximum atomic E-state index is 12.1. The van der Waals surface area contributed by atoms with Crippen LogP contribution >= 0.6 is 0 Å². The second-order valence-electron chi connectivity index (χ2n) is 4.19. The predicted molar refractivity (Wildman–Crippen MR) is 75.0 cm³/mol. The molecule has 0 aliphatic rings. The van der Waals surface area contributed by atoms with Crippen LogP contribution in [0.1, 0.15) is 0 Å². The topological polar surface area (TPSA) is 128 Å². The van der Waals surface area contributed by atoms with Crippen molar-refractivity contribution in [1.29, 1.82) is 0 Å². The van der Waals surface area contributed by atoms with Gasteiger partial charge in [0.05, 0.1) is 4.90 Å². The van der Waals surface area contributed by atoms with E-state index in [-0.39, 0.29) is 22.6 Å². The zero-order valence-corrected chi connectivity index (χ0v) is 11.8. The number of rotatable bonds is 3. The summed E-state index contributed by atoms with van der Waals surface area (Å²) in [6.45, 7) is 0. The molecule has 0 amide bonds. The van der Waals surface area contributed by atoms with E-state index in [9.17, 15) is 8.42 Å². The predicted octanol–water partition coefficient (Wildman–Crippen LogP) is -0.0467. The lowest BCUT2D eigenvalue weighted by molar-refractivity contribution is 0.521. The number of sulfonamides is 1. The zero-order valence-electron chi connectivity index (χ0n) is 11.0. The molecular weight excluding hydrogens is 280 g/mol. The van der Waals surface area contributed by atoms with Crippen molar-refractivity contribution in [2.75, 3.05) is 25.6 Å². The van der Waals surface area contributed by atoms with Gasteiger partial charge in [-0.05, 0) is 12.1 Å². The van der Waals surface area contributed by atoms with Gasteiger partial charge in [0.25, 0.3) is 0 Å². The van der Waals surface area contributed by atoms with Crippen molar-refractivity contribution in [3.05, 3.63) is 24.3 Å². The van der Waals surface area contributed by atoms with Crippen molar-refractivity contribution in [3.8, 4) is 11.4 Å². The molecular formula is C11H14N6O2S. The Kier molecular flexibility index (Phi) is 3.55. The number of hydrogen-bond acceptors (Lipinski definition) is 7. The second-order valence-corrected chi connectivity index (χ2v) is 6.34. The van der Waals surface area contributed by atoms with Crippen molar-refractivity contribution in [1.82, 2.24) is 19.3 Å². The van der Waals surface area contributed by atoms with Crippen molar-refractivity contribution in [2.45, 2.75) is 4.90 Å². The highest BCUT2D eigenvalue weighted by molar-refractivity contribution is 7.89. The summed E-state index contributed by atoms with van der Waals surface area (Å²) < 4.78 is 25.3. The third kappa shape index (κ3) is 2.68. The van der Waals surface area contributed by atoms with Gasteiger partial charge < -0.3 is 11.5 Å². The molecule has 0 fully saturated rings. The van der Waals surface area contributed by atoms with Gasteiger partial charge in [-0.25, -0.2) is 12.7 Å². The average molecular weight is 294 g/mol. The summed E-state index contributed by atoms with van der Waals surface area (Å²) in [6.07, 6.45) is 0. The van der Waals surface area contributed by atoms with Gasteiger partial charge in [0.2, 0.25) is 21.9 Å². The minimum Gasteiger partial charge on any atom is -0.368 e. The summed E-state index contributed by atoms with van der Waals surface area (Å²) in [5.41, 5.74) is 11.5. The van der Waals surface area contributed by atoms with Crippen molar-refractivity contribution in [2.24, 2.45) is 0 Å². The Balaban J connectivity index is 2.55. The quantitative estimate of drug-likeness (QED) is 0.812. The monoisotopic (exact) mass is 294 g/mol. The molecule has 0 atom stereocenters. The third-order valence-electron chi connectivity index (χ3n) is 2.54. The number of anilines is 2. The van der Waals surface area contributed by atoms with Crippen molar-refractivity contribution < 1.29 is 8.42 Å². The molecule has 0 bridgehead atoms. The molecule has 0 radical (unpaired) electrons. The van der Waals surface area contributed by atoms with Crippen LogP contribution in [-0.4, -0.2) is 41.8 Å². The molecule has 20 heavy (non-hydrogen) atoms. The molecule has 1 heterocycles. The number of nitrogens with zero attached hydrogens (tertiary/aromatic N) is 4. The molecule has 0 unspecified atom stereocenters.